The zero-order valence-electron chi connectivity index (χ0n) is 12.9. The van der Waals surface area contributed by atoms with Gasteiger partial charge >= 0.3 is 0 Å². The lowest BCUT2D eigenvalue weighted by atomic mass is 10.0. The first-order chi connectivity index (χ1) is 10.3. The third kappa shape index (κ3) is 3.05. The first-order valence-corrected chi connectivity index (χ1v) is 7.03. The summed E-state index contributed by atoms with van der Waals surface area (Å²) < 4.78 is 5.07. The molecular weight excluding hydrogens is 294 g/mol. The van der Waals surface area contributed by atoms with E-state index >= 15 is 0 Å². The van der Waals surface area contributed by atoms with Crippen molar-refractivity contribution in [3.8, 4) is 23.0 Å². The van der Waals surface area contributed by atoms with Gasteiger partial charge in [0, 0.05) is 18.7 Å². The molecule has 1 aromatic carbocycles. The molecule has 22 heavy (non-hydrogen) atoms. The molecule has 0 radical (unpaired) electrons. The summed E-state index contributed by atoms with van der Waals surface area (Å²) in [6.45, 7) is 6.03. The number of phenols is 4. The Kier molecular flexibility index (Phi) is 5.84. The fraction of sp³-hybridized carbons (Fsp3) is 0.571. The van der Waals surface area contributed by atoms with Crippen molar-refractivity contribution in [2.75, 3.05) is 26.3 Å². The van der Waals surface area contributed by atoms with Crippen molar-refractivity contribution in [2.24, 2.45) is 0 Å². The summed E-state index contributed by atoms with van der Waals surface area (Å²) in [5.74, 6) is -5.99. The smallest absolute Gasteiger partial charge is 0.261 e. The molecule has 1 aliphatic heterocycles. The summed E-state index contributed by atoms with van der Waals surface area (Å²) in [7, 11) is 0. The van der Waals surface area contributed by atoms with Crippen molar-refractivity contribution in [3.05, 3.63) is 11.1 Å². The fourth-order valence-corrected chi connectivity index (χ4v) is 2.17. The van der Waals surface area contributed by atoms with Crippen LogP contribution in [0.4, 0.5) is 0 Å². The van der Waals surface area contributed by atoms with Gasteiger partial charge in [-0.15, -0.1) is 0 Å². The highest BCUT2D eigenvalue weighted by atomic mass is 16.5. The molecule has 0 spiro atoms. The SMILES string of the molecule is CC.Cc1c(O)c(O)c(C(O)(O)N2CCOCC2)c(O)c1O. The molecule has 0 aromatic heterocycles. The van der Waals surface area contributed by atoms with Crippen LogP contribution in [0.15, 0.2) is 0 Å². The van der Waals surface area contributed by atoms with Crippen LogP contribution in [0, 0.1) is 6.92 Å². The summed E-state index contributed by atoms with van der Waals surface area (Å²) in [4.78, 5) is 1.14. The molecule has 1 aliphatic rings. The van der Waals surface area contributed by atoms with Crippen LogP contribution >= 0.6 is 0 Å². The van der Waals surface area contributed by atoms with E-state index in [1.165, 1.54) is 6.92 Å². The van der Waals surface area contributed by atoms with Crippen LogP contribution in [0.2, 0.25) is 0 Å². The maximum Gasteiger partial charge on any atom is 0.261 e. The molecule has 8 heteroatoms. The van der Waals surface area contributed by atoms with Gasteiger partial charge in [-0.05, 0) is 6.92 Å². The highest BCUT2D eigenvalue weighted by Crippen LogP contribution is 2.50. The molecule has 1 saturated heterocycles. The number of nitrogens with zero attached hydrogens (tertiary/aromatic N) is 1. The molecule has 0 unspecified atom stereocenters. The topological polar surface area (TPSA) is 134 Å². The van der Waals surface area contributed by atoms with Crippen LogP contribution < -0.4 is 0 Å². The molecular formula is C14H23NO7. The summed E-state index contributed by atoms with van der Waals surface area (Å²) in [5.41, 5.74) is -0.929. The monoisotopic (exact) mass is 317 g/mol. The van der Waals surface area contributed by atoms with Crippen LogP contribution in [-0.2, 0) is 10.6 Å². The molecule has 1 aromatic rings. The van der Waals surface area contributed by atoms with E-state index in [0.717, 1.165) is 4.90 Å². The number of aromatic hydroxyl groups is 4. The second-order valence-electron chi connectivity index (χ2n) is 4.63. The Morgan fingerprint density at radius 3 is 1.68 bits per heavy atom. The van der Waals surface area contributed by atoms with E-state index in [1.54, 1.807) is 0 Å². The third-order valence-corrected chi connectivity index (χ3v) is 3.42. The van der Waals surface area contributed by atoms with Gasteiger partial charge < -0.3 is 35.4 Å². The number of ether oxygens (including phenoxy) is 1. The zero-order valence-corrected chi connectivity index (χ0v) is 12.9. The highest BCUT2D eigenvalue weighted by molar-refractivity contribution is 5.64. The Morgan fingerprint density at radius 2 is 1.27 bits per heavy atom. The number of phenolic OH excluding ortho intramolecular Hbond substituents is 4. The minimum absolute atomic E-state index is 0.140. The largest absolute Gasteiger partial charge is 0.504 e. The standard InChI is InChI=1S/C12H17NO7.C2H6/c1-6-8(14)10(16)7(11(17)9(6)15)12(18,19)13-2-4-20-5-3-13;1-2/h14-19H,2-5H2,1H3;1-2H3. The number of hydrogen-bond acceptors (Lipinski definition) is 8. The van der Waals surface area contributed by atoms with Crippen molar-refractivity contribution in [1.29, 1.82) is 0 Å². The van der Waals surface area contributed by atoms with Gasteiger partial charge in [0.2, 0.25) is 0 Å². The summed E-state index contributed by atoms with van der Waals surface area (Å²) in [6, 6.07) is 0. The van der Waals surface area contributed by atoms with Crippen molar-refractivity contribution < 1.29 is 35.4 Å². The Balaban J connectivity index is 0.00000116. The maximum atomic E-state index is 10.2. The second-order valence-corrected chi connectivity index (χ2v) is 4.63. The third-order valence-electron chi connectivity index (χ3n) is 3.42. The molecule has 1 heterocycles. The average molecular weight is 317 g/mol. The molecule has 1 fully saturated rings. The predicted molar refractivity (Wildman–Crippen MR) is 77.7 cm³/mol. The van der Waals surface area contributed by atoms with Gasteiger partial charge in [-0.1, -0.05) is 13.8 Å². The maximum absolute atomic E-state index is 10.2. The first-order valence-electron chi connectivity index (χ1n) is 7.03. The normalized spacial score (nSPS) is 16.0. The van der Waals surface area contributed by atoms with Gasteiger partial charge in [0.1, 0.15) is 5.56 Å². The molecule has 6 N–H and O–H groups in total. The van der Waals surface area contributed by atoms with E-state index in [2.05, 4.69) is 0 Å². The van der Waals surface area contributed by atoms with E-state index in [1.807, 2.05) is 13.8 Å². The molecule has 0 saturated carbocycles. The van der Waals surface area contributed by atoms with E-state index in [4.69, 9.17) is 4.74 Å². The number of morpholine rings is 1. The van der Waals surface area contributed by atoms with Crippen LogP contribution in [0.5, 0.6) is 23.0 Å². The number of rotatable bonds is 2. The predicted octanol–water partition coefficient (Wildman–Crippen LogP) is 0.271. The van der Waals surface area contributed by atoms with Crippen LogP contribution in [0.3, 0.4) is 0 Å². The second kappa shape index (κ2) is 7.01. The molecule has 0 amide bonds. The lowest BCUT2D eigenvalue weighted by Gasteiger charge is -2.38. The average Bonchev–Trinajstić information content (AvgIpc) is 2.54. The van der Waals surface area contributed by atoms with Gasteiger partial charge in [-0.25, -0.2) is 4.90 Å². The molecule has 0 atom stereocenters. The van der Waals surface area contributed by atoms with Crippen molar-refractivity contribution in [2.45, 2.75) is 26.7 Å². The van der Waals surface area contributed by atoms with Gasteiger partial charge in [-0.2, -0.15) is 0 Å². The number of aliphatic hydroxyl groups is 2. The molecule has 0 aliphatic carbocycles. The quantitative estimate of drug-likeness (QED) is 0.260. The Morgan fingerprint density at radius 1 is 0.864 bits per heavy atom. The van der Waals surface area contributed by atoms with E-state index in [0.29, 0.717) is 0 Å². The number of benzene rings is 1. The molecule has 8 nitrogen and oxygen atoms in total. The Hall–Kier alpha value is -1.74. The van der Waals surface area contributed by atoms with E-state index < -0.39 is 34.5 Å². The van der Waals surface area contributed by atoms with E-state index in [-0.39, 0.29) is 31.9 Å². The zero-order chi connectivity index (χ0) is 17.1. The van der Waals surface area contributed by atoms with Crippen LogP contribution in [0.25, 0.3) is 0 Å². The minimum atomic E-state index is -2.75. The van der Waals surface area contributed by atoms with Gasteiger partial charge in [0.15, 0.2) is 23.0 Å². The molecule has 0 bridgehead atoms. The van der Waals surface area contributed by atoms with Crippen molar-refractivity contribution in [1.82, 2.24) is 4.90 Å². The summed E-state index contributed by atoms with van der Waals surface area (Å²) in [5, 5.41) is 59.4. The van der Waals surface area contributed by atoms with Crippen LogP contribution in [-0.4, -0.2) is 61.8 Å². The van der Waals surface area contributed by atoms with Gasteiger partial charge in [-0.3, -0.25) is 0 Å². The minimum Gasteiger partial charge on any atom is -0.504 e. The van der Waals surface area contributed by atoms with Gasteiger partial charge in [0.05, 0.1) is 13.2 Å². The van der Waals surface area contributed by atoms with Crippen LogP contribution in [0.1, 0.15) is 25.0 Å². The first kappa shape index (κ1) is 18.3. The Bertz CT molecular complexity index is 495. The fourth-order valence-electron chi connectivity index (χ4n) is 2.17. The van der Waals surface area contributed by atoms with Crippen molar-refractivity contribution >= 4 is 0 Å². The number of hydrogen-bond donors (Lipinski definition) is 6. The Labute approximate surface area is 128 Å². The molecule has 126 valence electrons. The molecule has 2 rings (SSSR count). The summed E-state index contributed by atoms with van der Waals surface area (Å²) in [6.07, 6.45) is 0. The van der Waals surface area contributed by atoms with E-state index in [9.17, 15) is 30.6 Å². The van der Waals surface area contributed by atoms with Gasteiger partial charge in [0.25, 0.3) is 5.91 Å². The summed E-state index contributed by atoms with van der Waals surface area (Å²) >= 11 is 0. The lowest BCUT2D eigenvalue weighted by Crippen LogP contribution is -2.51. The lowest BCUT2D eigenvalue weighted by molar-refractivity contribution is -0.288. The van der Waals surface area contributed by atoms with Crippen molar-refractivity contribution in [3.63, 3.8) is 0 Å². The highest BCUT2D eigenvalue weighted by Gasteiger charge is 2.42.